The minimum Gasteiger partial charge on any atom is -0.0807 e. The molecule has 0 nitrogen and oxygen atoms in total. The van der Waals surface area contributed by atoms with Gasteiger partial charge in [0, 0.05) is 0 Å². The van der Waals surface area contributed by atoms with E-state index in [9.17, 15) is 0 Å². The molecule has 0 N–H and O–H groups in total. The quantitative estimate of drug-likeness (QED) is 0.167. The molecule has 0 aliphatic heterocycles. The third-order valence-corrected chi connectivity index (χ3v) is 9.27. The molecule has 0 heteroatoms. The van der Waals surface area contributed by atoms with E-state index in [1.807, 2.05) is 13.8 Å². The molecule has 0 saturated carbocycles. The van der Waals surface area contributed by atoms with Gasteiger partial charge in [0.05, 0.1) is 0 Å². The Morgan fingerprint density at radius 3 is 1.61 bits per heavy atom. The molecule has 0 fully saturated rings. The van der Waals surface area contributed by atoms with Gasteiger partial charge >= 0.3 is 0 Å². The monoisotopic (exact) mass is 572 g/mol. The van der Waals surface area contributed by atoms with Crippen molar-refractivity contribution in [3.05, 3.63) is 139 Å². The molecule has 6 aromatic carbocycles. The van der Waals surface area contributed by atoms with Gasteiger partial charge in [-0.25, -0.2) is 0 Å². The van der Waals surface area contributed by atoms with E-state index in [0.717, 1.165) is 12.8 Å². The van der Waals surface area contributed by atoms with Crippen LogP contribution in [0.1, 0.15) is 65.4 Å². The highest BCUT2D eigenvalue weighted by Gasteiger charge is 2.20. The number of benzene rings is 6. The molecule has 1 aliphatic rings. The molecule has 1 aliphatic carbocycles. The van der Waals surface area contributed by atoms with Crippen molar-refractivity contribution in [2.24, 2.45) is 5.92 Å². The minimum atomic E-state index is 0.664. The fourth-order valence-corrected chi connectivity index (χ4v) is 7.31. The maximum absolute atomic E-state index is 2.52. The van der Waals surface area contributed by atoms with E-state index in [2.05, 4.69) is 141 Å². The van der Waals surface area contributed by atoms with Gasteiger partial charge < -0.3 is 0 Å². The Morgan fingerprint density at radius 1 is 0.545 bits per heavy atom. The highest BCUT2D eigenvalue weighted by molar-refractivity contribution is 6.23. The van der Waals surface area contributed by atoms with Crippen LogP contribution >= 0.6 is 0 Å². The van der Waals surface area contributed by atoms with Gasteiger partial charge in [-0.05, 0) is 103 Å². The lowest BCUT2D eigenvalue weighted by molar-refractivity contribution is 0.541. The maximum atomic E-state index is 2.52. The van der Waals surface area contributed by atoms with Gasteiger partial charge in [-0.1, -0.05) is 162 Å². The molecular weight excluding hydrogens is 528 g/mol. The van der Waals surface area contributed by atoms with Crippen LogP contribution in [0.5, 0.6) is 0 Å². The molecule has 7 rings (SSSR count). The van der Waals surface area contributed by atoms with Crippen molar-refractivity contribution < 1.29 is 0 Å². The van der Waals surface area contributed by atoms with E-state index in [-0.39, 0.29) is 0 Å². The van der Waals surface area contributed by atoms with Gasteiger partial charge in [-0.15, -0.1) is 0 Å². The Kier molecular flexibility index (Phi) is 9.08. The summed E-state index contributed by atoms with van der Waals surface area (Å²) in [4.78, 5) is 0. The van der Waals surface area contributed by atoms with E-state index in [0.29, 0.717) is 5.92 Å². The highest BCUT2D eigenvalue weighted by atomic mass is 14.2. The van der Waals surface area contributed by atoms with Crippen molar-refractivity contribution >= 4 is 37.9 Å². The normalized spacial score (nSPS) is 13.7. The fourth-order valence-electron chi connectivity index (χ4n) is 7.31. The Bertz CT molecular complexity index is 1910. The van der Waals surface area contributed by atoms with Crippen molar-refractivity contribution in [2.45, 2.75) is 59.8 Å². The van der Waals surface area contributed by atoms with Crippen LogP contribution < -0.4 is 0 Å². The lowest BCUT2D eigenvalue weighted by Gasteiger charge is -2.23. The number of fused-ring (bicyclic) bond motifs is 3. The van der Waals surface area contributed by atoms with Crippen molar-refractivity contribution in [3.8, 4) is 22.3 Å². The second-order valence-corrected chi connectivity index (χ2v) is 11.7. The van der Waals surface area contributed by atoms with Crippen molar-refractivity contribution in [2.75, 3.05) is 0 Å². The largest absolute Gasteiger partial charge is 0.0807 e. The molecule has 0 heterocycles. The summed E-state index contributed by atoms with van der Waals surface area (Å²) in [5.74, 6) is 0.664. The Labute approximate surface area is 263 Å². The first-order valence-electron chi connectivity index (χ1n) is 16.7. The average Bonchev–Trinajstić information content (AvgIpc) is 3.10. The molecular formula is C44H44. The summed E-state index contributed by atoms with van der Waals surface area (Å²) in [6, 6.07) is 42.7. The zero-order valence-corrected chi connectivity index (χ0v) is 26.7. The number of allylic oxidation sites excluding steroid dienone is 4. The van der Waals surface area contributed by atoms with Crippen molar-refractivity contribution in [3.63, 3.8) is 0 Å². The maximum Gasteiger partial charge on any atom is -0.00201 e. The minimum absolute atomic E-state index is 0.664. The molecule has 0 bridgehead atoms. The molecule has 44 heavy (non-hydrogen) atoms. The molecule has 0 radical (unpaired) electrons. The lowest BCUT2D eigenvalue weighted by atomic mass is 9.81. The SMILES string of the molecule is CC.CCCC(CC)C1=CCCC(c2ccc(-c3c4ccccc4c(-c4ccccc4)c4ccccc34)c3ccccc23)=C1. The predicted molar refractivity (Wildman–Crippen MR) is 195 cm³/mol. The van der Waals surface area contributed by atoms with Crippen LogP contribution in [-0.2, 0) is 0 Å². The first kappa shape index (κ1) is 29.6. The number of hydrogen-bond acceptors (Lipinski definition) is 0. The molecule has 0 aromatic heterocycles. The van der Waals surface area contributed by atoms with E-state index in [4.69, 9.17) is 0 Å². The summed E-state index contributed by atoms with van der Waals surface area (Å²) in [7, 11) is 0. The second-order valence-electron chi connectivity index (χ2n) is 11.7. The van der Waals surface area contributed by atoms with Gasteiger partial charge in [0.2, 0.25) is 0 Å². The molecule has 0 spiro atoms. The van der Waals surface area contributed by atoms with Gasteiger partial charge in [-0.3, -0.25) is 0 Å². The van der Waals surface area contributed by atoms with E-state index < -0.39 is 0 Å². The standard InChI is InChI=1S/C42H38.C2H6/c1-3-15-29(4-2)31-18-14-19-32(28-31)33-26-27-40(35-21-9-8-20-34(33)35)42-38-24-12-10-22-36(38)41(30-16-6-5-7-17-30)37-23-11-13-25-39(37)42;1-2/h5-13,16-18,20-29H,3-4,14-15,19H2,1-2H3;1-2H3. The summed E-state index contributed by atoms with van der Waals surface area (Å²) >= 11 is 0. The highest BCUT2D eigenvalue weighted by Crippen LogP contribution is 2.46. The van der Waals surface area contributed by atoms with E-state index in [1.54, 1.807) is 5.57 Å². The molecule has 1 atom stereocenters. The summed E-state index contributed by atoms with van der Waals surface area (Å²) in [5, 5.41) is 7.90. The van der Waals surface area contributed by atoms with Crippen molar-refractivity contribution in [1.82, 2.24) is 0 Å². The Hall–Kier alpha value is -4.42. The van der Waals surface area contributed by atoms with Gasteiger partial charge in [-0.2, -0.15) is 0 Å². The molecule has 6 aromatic rings. The van der Waals surface area contributed by atoms with Crippen LogP contribution in [0.2, 0.25) is 0 Å². The molecule has 220 valence electrons. The van der Waals surface area contributed by atoms with E-state index in [1.165, 1.54) is 85.0 Å². The Morgan fingerprint density at radius 2 is 1.05 bits per heavy atom. The van der Waals surface area contributed by atoms with E-state index >= 15 is 0 Å². The lowest BCUT2D eigenvalue weighted by Crippen LogP contribution is -2.05. The summed E-state index contributed by atoms with van der Waals surface area (Å²) < 4.78 is 0. The molecule has 0 amide bonds. The fraction of sp³-hybridized carbons (Fsp3) is 0.227. The zero-order valence-electron chi connectivity index (χ0n) is 26.7. The number of hydrogen-bond donors (Lipinski definition) is 0. The second kappa shape index (κ2) is 13.5. The smallest absolute Gasteiger partial charge is 0.00201 e. The van der Waals surface area contributed by atoms with Crippen LogP contribution in [0.25, 0.3) is 60.1 Å². The van der Waals surface area contributed by atoms with Crippen LogP contribution in [0.15, 0.2) is 133 Å². The average molecular weight is 573 g/mol. The topological polar surface area (TPSA) is 0 Å². The van der Waals surface area contributed by atoms with Crippen LogP contribution in [0.4, 0.5) is 0 Å². The van der Waals surface area contributed by atoms with Crippen LogP contribution in [-0.4, -0.2) is 0 Å². The van der Waals surface area contributed by atoms with Crippen LogP contribution in [0.3, 0.4) is 0 Å². The predicted octanol–water partition coefficient (Wildman–Crippen LogP) is 13.4. The molecule has 0 saturated heterocycles. The number of rotatable bonds is 7. The van der Waals surface area contributed by atoms with Gasteiger partial charge in [0.15, 0.2) is 0 Å². The Balaban J connectivity index is 0.00000168. The van der Waals surface area contributed by atoms with Crippen molar-refractivity contribution in [1.29, 1.82) is 0 Å². The third-order valence-electron chi connectivity index (χ3n) is 9.27. The zero-order chi connectivity index (χ0) is 30.5. The van der Waals surface area contributed by atoms with Gasteiger partial charge in [0.25, 0.3) is 0 Å². The van der Waals surface area contributed by atoms with Crippen LogP contribution in [0, 0.1) is 5.92 Å². The summed E-state index contributed by atoms with van der Waals surface area (Å²) in [6.45, 7) is 8.65. The summed E-state index contributed by atoms with van der Waals surface area (Å²) in [5.41, 5.74) is 9.64. The first-order valence-corrected chi connectivity index (χ1v) is 16.7. The summed E-state index contributed by atoms with van der Waals surface area (Å²) in [6.07, 6.45) is 11.0. The molecule has 1 unspecified atom stereocenters. The third kappa shape index (κ3) is 5.39. The van der Waals surface area contributed by atoms with Gasteiger partial charge in [0.1, 0.15) is 0 Å². The first-order chi connectivity index (χ1) is 21.8.